The Hall–Kier alpha value is -2.43. The van der Waals surface area contributed by atoms with Crippen LogP contribution in [-0.4, -0.2) is 15.9 Å². The highest BCUT2D eigenvalue weighted by Crippen LogP contribution is 2.21. The van der Waals surface area contributed by atoms with E-state index in [0.717, 1.165) is 23.5 Å². The maximum absolute atomic E-state index is 11.5. The fraction of sp³-hybridized carbons (Fsp3) is 0.312. The first kappa shape index (κ1) is 15.0. The summed E-state index contributed by atoms with van der Waals surface area (Å²) in [5, 5.41) is 2.83. The van der Waals surface area contributed by atoms with Gasteiger partial charge in [-0.2, -0.15) is 0 Å². The topological polar surface area (TPSA) is 64.1 Å². The number of hydrogen-bond donors (Lipinski definition) is 1. The number of nitrogens with one attached hydrogen (secondary N) is 1. The summed E-state index contributed by atoms with van der Waals surface area (Å²) in [5.41, 5.74) is 2.48. The minimum absolute atomic E-state index is 0.0174. The van der Waals surface area contributed by atoms with Crippen molar-refractivity contribution in [1.29, 1.82) is 0 Å². The first-order valence-corrected chi connectivity index (χ1v) is 6.97. The number of hydrogen-bond acceptors (Lipinski definition) is 4. The van der Waals surface area contributed by atoms with Gasteiger partial charge in [0, 0.05) is 23.5 Å². The summed E-state index contributed by atoms with van der Waals surface area (Å²) in [6.45, 7) is 5.77. The van der Waals surface area contributed by atoms with E-state index in [1.807, 2.05) is 26.8 Å². The quantitative estimate of drug-likeness (QED) is 0.911. The molecular weight excluding hydrogens is 266 g/mol. The smallest absolute Gasteiger partial charge is 0.322 e. The van der Waals surface area contributed by atoms with Crippen molar-refractivity contribution in [3.8, 4) is 11.8 Å². The SMILES string of the molecule is CCCC(=O)Nc1ccc(Oc2nc(C)cc(C)n2)cc1. The molecule has 5 heteroatoms. The third-order valence-corrected chi connectivity index (χ3v) is 2.79. The molecule has 0 spiro atoms. The van der Waals surface area contributed by atoms with Gasteiger partial charge in [0.1, 0.15) is 5.75 Å². The van der Waals surface area contributed by atoms with Crippen molar-refractivity contribution in [2.24, 2.45) is 0 Å². The summed E-state index contributed by atoms with van der Waals surface area (Å²) in [5.74, 6) is 0.650. The van der Waals surface area contributed by atoms with Crippen LogP contribution in [0.5, 0.6) is 11.8 Å². The van der Waals surface area contributed by atoms with Crippen LogP contribution in [0.15, 0.2) is 30.3 Å². The molecule has 110 valence electrons. The number of nitrogens with zero attached hydrogens (tertiary/aromatic N) is 2. The lowest BCUT2D eigenvalue weighted by atomic mass is 10.2. The molecule has 0 bridgehead atoms. The van der Waals surface area contributed by atoms with E-state index >= 15 is 0 Å². The highest BCUT2D eigenvalue weighted by atomic mass is 16.5. The number of anilines is 1. The molecule has 0 radical (unpaired) electrons. The number of ether oxygens (including phenoxy) is 1. The van der Waals surface area contributed by atoms with E-state index in [9.17, 15) is 4.79 Å². The highest BCUT2D eigenvalue weighted by molar-refractivity contribution is 5.90. The Morgan fingerprint density at radius 3 is 2.33 bits per heavy atom. The van der Waals surface area contributed by atoms with Crippen LogP contribution < -0.4 is 10.1 Å². The monoisotopic (exact) mass is 285 g/mol. The predicted molar refractivity (Wildman–Crippen MR) is 81.6 cm³/mol. The van der Waals surface area contributed by atoms with Crippen molar-refractivity contribution in [1.82, 2.24) is 9.97 Å². The maximum atomic E-state index is 11.5. The standard InChI is InChI=1S/C16H19N3O2/c1-4-5-15(20)19-13-6-8-14(9-7-13)21-16-17-11(2)10-12(3)18-16/h6-10H,4-5H2,1-3H3,(H,19,20). The average molecular weight is 285 g/mol. The van der Waals surface area contributed by atoms with Crippen LogP contribution in [0.3, 0.4) is 0 Å². The summed E-state index contributed by atoms with van der Waals surface area (Å²) < 4.78 is 5.61. The van der Waals surface area contributed by atoms with E-state index in [4.69, 9.17) is 4.74 Å². The molecule has 0 aliphatic carbocycles. The molecule has 1 heterocycles. The van der Waals surface area contributed by atoms with Crippen LogP contribution >= 0.6 is 0 Å². The van der Waals surface area contributed by atoms with Crippen molar-refractivity contribution >= 4 is 11.6 Å². The minimum atomic E-state index is 0.0174. The molecule has 1 amide bonds. The normalized spacial score (nSPS) is 10.2. The first-order chi connectivity index (χ1) is 10.1. The minimum Gasteiger partial charge on any atom is -0.424 e. The van der Waals surface area contributed by atoms with Crippen molar-refractivity contribution in [3.05, 3.63) is 41.7 Å². The van der Waals surface area contributed by atoms with Gasteiger partial charge >= 0.3 is 6.01 Å². The third kappa shape index (κ3) is 4.56. The third-order valence-electron chi connectivity index (χ3n) is 2.79. The number of amides is 1. The summed E-state index contributed by atoms with van der Waals surface area (Å²) in [6.07, 6.45) is 1.35. The average Bonchev–Trinajstić information content (AvgIpc) is 2.40. The molecule has 0 saturated heterocycles. The van der Waals surface area contributed by atoms with Crippen LogP contribution in [0.25, 0.3) is 0 Å². The van der Waals surface area contributed by atoms with Crippen molar-refractivity contribution < 1.29 is 9.53 Å². The van der Waals surface area contributed by atoms with Gasteiger partial charge in [-0.3, -0.25) is 4.79 Å². The molecule has 0 atom stereocenters. The van der Waals surface area contributed by atoms with E-state index in [1.54, 1.807) is 24.3 Å². The fourth-order valence-corrected chi connectivity index (χ4v) is 1.90. The molecule has 2 rings (SSSR count). The molecule has 2 aromatic rings. The van der Waals surface area contributed by atoms with Crippen LogP contribution in [0.4, 0.5) is 5.69 Å². The number of carbonyl (C=O) groups is 1. The first-order valence-electron chi connectivity index (χ1n) is 6.97. The van der Waals surface area contributed by atoms with Crippen LogP contribution in [0.2, 0.25) is 0 Å². The molecule has 21 heavy (non-hydrogen) atoms. The zero-order valence-electron chi connectivity index (χ0n) is 12.5. The number of benzene rings is 1. The largest absolute Gasteiger partial charge is 0.424 e. The van der Waals surface area contributed by atoms with Gasteiger partial charge in [-0.1, -0.05) is 6.92 Å². The molecule has 0 unspecified atom stereocenters. The number of carbonyl (C=O) groups excluding carboxylic acids is 1. The van der Waals surface area contributed by atoms with Gasteiger partial charge in [0.15, 0.2) is 0 Å². The van der Waals surface area contributed by atoms with Gasteiger partial charge in [0.25, 0.3) is 0 Å². The van der Waals surface area contributed by atoms with E-state index in [1.165, 1.54) is 0 Å². The predicted octanol–water partition coefficient (Wildman–Crippen LogP) is 3.62. The maximum Gasteiger partial charge on any atom is 0.322 e. The number of rotatable bonds is 5. The van der Waals surface area contributed by atoms with E-state index < -0.39 is 0 Å². The van der Waals surface area contributed by atoms with E-state index in [0.29, 0.717) is 18.2 Å². The molecule has 0 aliphatic rings. The number of aromatic nitrogens is 2. The second-order valence-corrected chi connectivity index (χ2v) is 4.86. The van der Waals surface area contributed by atoms with Crippen LogP contribution in [-0.2, 0) is 4.79 Å². The summed E-state index contributed by atoms with van der Waals surface area (Å²) >= 11 is 0. The summed E-state index contributed by atoms with van der Waals surface area (Å²) in [4.78, 5) is 19.9. The molecule has 1 aromatic carbocycles. The Kier molecular flexibility index (Phi) is 4.87. The lowest BCUT2D eigenvalue weighted by molar-refractivity contribution is -0.116. The second-order valence-electron chi connectivity index (χ2n) is 4.86. The molecule has 0 saturated carbocycles. The lowest BCUT2D eigenvalue weighted by Crippen LogP contribution is -2.10. The van der Waals surface area contributed by atoms with E-state index in [2.05, 4.69) is 15.3 Å². The molecule has 0 fully saturated rings. The highest BCUT2D eigenvalue weighted by Gasteiger charge is 2.04. The Labute approximate surface area is 124 Å². The van der Waals surface area contributed by atoms with Crippen LogP contribution in [0.1, 0.15) is 31.2 Å². The molecule has 0 aliphatic heterocycles. The van der Waals surface area contributed by atoms with Crippen molar-refractivity contribution in [2.45, 2.75) is 33.6 Å². The lowest BCUT2D eigenvalue weighted by Gasteiger charge is -2.07. The summed E-state index contributed by atoms with van der Waals surface area (Å²) in [6, 6.07) is 9.37. The van der Waals surface area contributed by atoms with Gasteiger partial charge in [0.2, 0.25) is 5.91 Å². The molecule has 1 aromatic heterocycles. The Bertz CT molecular complexity index is 604. The van der Waals surface area contributed by atoms with E-state index in [-0.39, 0.29) is 5.91 Å². The molecule has 1 N–H and O–H groups in total. The Balaban J connectivity index is 2.03. The zero-order chi connectivity index (χ0) is 15.2. The zero-order valence-corrected chi connectivity index (χ0v) is 12.5. The van der Waals surface area contributed by atoms with Gasteiger partial charge in [-0.15, -0.1) is 0 Å². The molecule has 5 nitrogen and oxygen atoms in total. The summed E-state index contributed by atoms with van der Waals surface area (Å²) in [7, 11) is 0. The van der Waals surface area contributed by atoms with Gasteiger partial charge < -0.3 is 10.1 Å². The number of aryl methyl sites for hydroxylation is 2. The van der Waals surface area contributed by atoms with Gasteiger partial charge in [-0.25, -0.2) is 9.97 Å². The fourth-order valence-electron chi connectivity index (χ4n) is 1.90. The second kappa shape index (κ2) is 6.83. The Morgan fingerprint density at radius 1 is 1.14 bits per heavy atom. The van der Waals surface area contributed by atoms with Crippen molar-refractivity contribution in [2.75, 3.05) is 5.32 Å². The van der Waals surface area contributed by atoms with Gasteiger partial charge in [-0.05, 0) is 50.6 Å². The Morgan fingerprint density at radius 2 is 1.76 bits per heavy atom. The van der Waals surface area contributed by atoms with Crippen molar-refractivity contribution in [3.63, 3.8) is 0 Å². The van der Waals surface area contributed by atoms with Crippen LogP contribution in [0, 0.1) is 13.8 Å². The van der Waals surface area contributed by atoms with Gasteiger partial charge in [0.05, 0.1) is 0 Å². The molecular formula is C16H19N3O2.